The Balaban J connectivity index is 0. The fourth-order valence-electron chi connectivity index (χ4n) is 0.581. The molecule has 9 heteroatoms. The zero-order valence-corrected chi connectivity index (χ0v) is 7.97. The number of hydrogen-bond acceptors (Lipinski definition) is 7. The molecule has 15 heavy (non-hydrogen) atoms. The third-order valence-electron chi connectivity index (χ3n) is 1.52. The van der Waals surface area contributed by atoms with Crippen LogP contribution in [0.5, 0.6) is 0 Å². The predicted octanol–water partition coefficient (Wildman–Crippen LogP) is -2.51. The van der Waals surface area contributed by atoms with Crippen LogP contribution < -0.4 is 10.2 Å². The lowest BCUT2D eigenvalue weighted by atomic mass is 10.0. The van der Waals surface area contributed by atoms with Gasteiger partial charge in [0.25, 0.3) is 0 Å². The minimum atomic E-state index is -1.31. The smallest absolute Gasteiger partial charge is 0.317 e. The minimum Gasteiger partial charge on any atom is -0.480 e. The lowest BCUT2D eigenvalue weighted by molar-refractivity contribution is -0.136. The van der Waals surface area contributed by atoms with Gasteiger partial charge in [-0.25, -0.2) is 0 Å². The number of aliphatic hydroxyl groups is 3. The van der Waals surface area contributed by atoms with Crippen molar-refractivity contribution in [3.05, 3.63) is 0 Å². The second-order valence-corrected chi connectivity index (χ2v) is 2.61. The van der Waals surface area contributed by atoms with E-state index in [0.29, 0.717) is 0 Å². The van der Waals surface area contributed by atoms with Gasteiger partial charge in [-0.3, -0.25) is 10.1 Å². The molecule has 0 bridgehead atoms. The summed E-state index contributed by atoms with van der Waals surface area (Å²) in [7, 11) is 0. The normalized spacial score (nSPS) is 9.80. The van der Waals surface area contributed by atoms with E-state index in [4.69, 9.17) is 31.5 Å². The highest BCUT2D eigenvalue weighted by Crippen LogP contribution is 1.99. The molecule has 0 aliphatic carbocycles. The monoisotopic (exact) mass is 223 g/mol. The van der Waals surface area contributed by atoms with E-state index in [0.717, 1.165) is 0 Å². The fraction of sp³-hybridized carbons (Fsp3) is 0.833. The van der Waals surface area contributed by atoms with Crippen LogP contribution >= 0.6 is 0 Å². The number of carboxylic acids is 1. The number of rotatable bonds is 6. The molecule has 0 saturated heterocycles. The molecule has 0 spiro atoms. The van der Waals surface area contributed by atoms with Gasteiger partial charge in [0.15, 0.2) is 0 Å². The van der Waals surface area contributed by atoms with Crippen molar-refractivity contribution in [2.24, 2.45) is 0 Å². The lowest BCUT2D eigenvalue weighted by Gasteiger charge is -2.27. The molecule has 0 aromatic heterocycles. The molecular formula is C6H15N4O5+. The molecule has 0 unspecified atom stereocenters. The van der Waals surface area contributed by atoms with Crippen molar-refractivity contribution >= 4 is 5.97 Å². The standard InChI is InChI=1S/C6H13NO5.H2N3/c8-2-6(3-9,4-10)7-1-5(11)12;1-3-2/h7-10H,1-4H2,(H,11,12);1-2H/q;+1. The van der Waals surface area contributed by atoms with Crippen LogP contribution in [0.25, 0.3) is 0 Å². The van der Waals surface area contributed by atoms with Crippen molar-refractivity contribution in [1.82, 2.24) is 10.2 Å². The zero-order valence-electron chi connectivity index (χ0n) is 7.97. The molecular weight excluding hydrogens is 208 g/mol. The predicted molar refractivity (Wildman–Crippen MR) is 47.2 cm³/mol. The van der Waals surface area contributed by atoms with Crippen molar-refractivity contribution in [3.8, 4) is 0 Å². The van der Waals surface area contributed by atoms with E-state index in [2.05, 4.69) is 5.32 Å². The largest absolute Gasteiger partial charge is 0.480 e. The average molecular weight is 223 g/mol. The Kier molecular flexibility index (Phi) is 9.84. The second kappa shape index (κ2) is 9.19. The highest BCUT2D eigenvalue weighted by Gasteiger charge is 2.27. The number of aliphatic hydroxyl groups excluding tert-OH is 3. The number of carboxylic acid groups (broad SMARTS) is 1. The van der Waals surface area contributed by atoms with Crippen LogP contribution in [0.4, 0.5) is 0 Å². The summed E-state index contributed by atoms with van der Waals surface area (Å²) >= 11 is 0. The first-order chi connectivity index (χ1) is 7.01. The van der Waals surface area contributed by atoms with Crippen LogP contribution in [0.1, 0.15) is 0 Å². The van der Waals surface area contributed by atoms with Crippen LogP contribution in [0, 0.1) is 11.1 Å². The number of nitrogens with zero attached hydrogens (tertiary/aromatic N) is 1. The van der Waals surface area contributed by atoms with Gasteiger partial charge in [-0.05, 0) is 0 Å². The summed E-state index contributed by atoms with van der Waals surface area (Å²) in [5.41, 5.74) is 9.69. The Hall–Kier alpha value is -1.38. The number of hydrogen-bond donors (Lipinski definition) is 7. The summed E-state index contributed by atoms with van der Waals surface area (Å²) in [6.07, 6.45) is 0. The van der Waals surface area contributed by atoms with Gasteiger partial charge in [0.1, 0.15) is 11.1 Å². The van der Waals surface area contributed by atoms with Crippen LogP contribution in [0.2, 0.25) is 0 Å². The average Bonchev–Trinajstić information content (AvgIpc) is 2.22. The summed E-state index contributed by atoms with van der Waals surface area (Å²) in [6, 6.07) is 0. The van der Waals surface area contributed by atoms with E-state index in [9.17, 15) is 4.79 Å². The van der Waals surface area contributed by atoms with Crippen LogP contribution in [-0.2, 0) is 4.79 Å². The van der Waals surface area contributed by atoms with Gasteiger partial charge in [-0.1, -0.05) is 0 Å². The van der Waals surface area contributed by atoms with E-state index in [1.165, 1.54) is 0 Å². The molecule has 0 radical (unpaired) electrons. The maximum Gasteiger partial charge on any atom is 0.317 e. The summed E-state index contributed by atoms with van der Waals surface area (Å²) in [5, 5.41) is 36.7. The molecule has 0 aliphatic rings. The quantitative estimate of drug-likeness (QED) is 0.193. The first-order valence-corrected chi connectivity index (χ1v) is 3.84. The molecule has 7 N–H and O–H groups in total. The second-order valence-electron chi connectivity index (χ2n) is 2.61. The Bertz CT molecular complexity index is 203. The molecule has 0 aliphatic heterocycles. The van der Waals surface area contributed by atoms with E-state index < -0.39 is 37.9 Å². The number of carbonyl (C=O) groups is 1. The Morgan fingerprint density at radius 2 is 1.53 bits per heavy atom. The number of aliphatic carboxylic acids is 1. The van der Waals surface area contributed by atoms with Gasteiger partial charge in [0, 0.05) is 0 Å². The van der Waals surface area contributed by atoms with Crippen molar-refractivity contribution in [2.75, 3.05) is 26.4 Å². The van der Waals surface area contributed by atoms with Crippen molar-refractivity contribution in [1.29, 1.82) is 11.1 Å². The van der Waals surface area contributed by atoms with Gasteiger partial charge in [0.05, 0.1) is 31.9 Å². The van der Waals surface area contributed by atoms with Gasteiger partial charge in [-0.2, -0.15) is 0 Å². The van der Waals surface area contributed by atoms with Gasteiger partial charge in [0.2, 0.25) is 4.91 Å². The van der Waals surface area contributed by atoms with Gasteiger partial charge in [-0.15, -0.1) is 0 Å². The maximum atomic E-state index is 10.1. The fourth-order valence-corrected chi connectivity index (χ4v) is 0.581. The summed E-state index contributed by atoms with van der Waals surface area (Å²) in [6.45, 7) is -1.98. The lowest BCUT2D eigenvalue weighted by Crippen LogP contribution is -2.56. The summed E-state index contributed by atoms with van der Waals surface area (Å²) < 4.78 is 0. The van der Waals surface area contributed by atoms with Crippen molar-refractivity contribution < 1.29 is 25.2 Å². The third-order valence-corrected chi connectivity index (χ3v) is 1.52. The highest BCUT2D eigenvalue weighted by molar-refractivity contribution is 5.69. The molecule has 88 valence electrons. The molecule has 9 nitrogen and oxygen atoms in total. The molecule has 0 saturated carbocycles. The van der Waals surface area contributed by atoms with Crippen LogP contribution in [0.15, 0.2) is 0 Å². The highest BCUT2D eigenvalue weighted by atomic mass is 16.4. The molecule has 0 fully saturated rings. The van der Waals surface area contributed by atoms with Crippen LogP contribution in [-0.4, -0.2) is 58.3 Å². The zero-order chi connectivity index (χ0) is 12.3. The molecule has 0 aromatic carbocycles. The molecule has 0 atom stereocenters. The minimum absolute atomic E-state index is 0.415. The van der Waals surface area contributed by atoms with Crippen molar-refractivity contribution in [2.45, 2.75) is 5.54 Å². The Labute approximate surface area is 85.4 Å². The molecule has 0 aromatic rings. The molecule has 0 amide bonds. The third kappa shape index (κ3) is 7.67. The van der Waals surface area contributed by atoms with Crippen molar-refractivity contribution in [3.63, 3.8) is 0 Å². The van der Waals surface area contributed by atoms with E-state index in [1.54, 1.807) is 0 Å². The van der Waals surface area contributed by atoms with E-state index in [-0.39, 0.29) is 0 Å². The maximum absolute atomic E-state index is 10.1. The van der Waals surface area contributed by atoms with Crippen LogP contribution in [0.3, 0.4) is 0 Å². The van der Waals surface area contributed by atoms with E-state index >= 15 is 0 Å². The Morgan fingerprint density at radius 1 is 1.20 bits per heavy atom. The molecule has 0 heterocycles. The summed E-state index contributed by atoms with van der Waals surface area (Å²) in [5.74, 6) is -1.12. The topological polar surface area (TPSA) is 172 Å². The number of nitrogens with one attached hydrogen (secondary N) is 3. The first kappa shape index (κ1) is 16.1. The SMILES string of the molecule is N=[N+]=N.O=C(O)CNC(CO)(CO)CO. The Morgan fingerprint density at radius 3 is 1.73 bits per heavy atom. The van der Waals surface area contributed by atoms with Gasteiger partial charge < -0.3 is 20.4 Å². The summed E-state index contributed by atoms with van der Waals surface area (Å²) in [4.78, 5) is 12.1. The van der Waals surface area contributed by atoms with Gasteiger partial charge >= 0.3 is 5.97 Å². The molecule has 0 rings (SSSR count). The first-order valence-electron chi connectivity index (χ1n) is 3.84. The van der Waals surface area contributed by atoms with E-state index in [1.807, 2.05) is 4.91 Å².